The zero-order valence-corrected chi connectivity index (χ0v) is 9.05. The molecule has 0 aliphatic carbocycles. The van der Waals surface area contributed by atoms with Crippen LogP contribution in [0.15, 0.2) is 18.3 Å². The van der Waals surface area contributed by atoms with Crippen molar-refractivity contribution in [1.82, 2.24) is 4.98 Å². The average molecular weight is 217 g/mol. The number of aromatic nitrogens is 1. The molecule has 0 aliphatic rings. The Bertz CT molecular complexity index is 291. The summed E-state index contributed by atoms with van der Waals surface area (Å²) in [6.45, 7) is 3.86. The Morgan fingerprint density at radius 2 is 2.29 bits per heavy atom. The lowest BCUT2D eigenvalue weighted by Crippen LogP contribution is -2.19. The molecule has 1 aromatic heterocycles. The number of pyridine rings is 1. The highest BCUT2D eigenvalue weighted by molar-refractivity contribution is 6.20. The molecule has 0 aromatic carbocycles. The molecule has 1 N–H and O–H groups in total. The van der Waals surface area contributed by atoms with E-state index in [2.05, 4.69) is 10.3 Å². The quantitative estimate of drug-likeness (QED) is 0.783. The molecule has 0 spiro atoms. The van der Waals surface area contributed by atoms with Crippen LogP contribution in [0.5, 0.6) is 0 Å². The van der Waals surface area contributed by atoms with Crippen LogP contribution >= 0.6 is 11.6 Å². The van der Waals surface area contributed by atoms with Gasteiger partial charge >= 0.3 is 0 Å². The van der Waals surface area contributed by atoms with E-state index in [4.69, 9.17) is 11.6 Å². The second-order valence-corrected chi connectivity index (χ2v) is 4.14. The van der Waals surface area contributed by atoms with Gasteiger partial charge in [-0.05, 0) is 32.4 Å². The highest BCUT2D eigenvalue weighted by Crippen LogP contribution is 2.13. The van der Waals surface area contributed by atoms with Gasteiger partial charge in [0.2, 0.25) is 0 Å². The van der Waals surface area contributed by atoms with Crippen LogP contribution in [0.4, 0.5) is 10.2 Å². The van der Waals surface area contributed by atoms with Gasteiger partial charge in [-0.1, -0.05) is 0 Å². The molecule has 1 rings (SSSR count). The number of hydrogen-bond acceptors (Lipinski definition) is 2. The van der Waals surface area contributed by atoms with Crippen LogP contribution in [0.25, 0.3) is 0 Å². The van der Waals surface area contributed by atoms with Crippen molar-refractivity contribution >= 4 is 17.4 Å². The van der Waals surface area contributed by atoms with E-state index in [9.17, 15) is 4.39 Å². The predicted molar refractivity (Wildman–Crippen MR) is 57.2 cm³/mol. The summed E-state index contributed by atoms with van der Waals surface area (Å²) >= 11 is 5.82. The van der Waals surface area contributed by atoms with Crippen LogP contribution in [0.3, 0.4) is 0 Å². The molecule has 0 fully saturated rings. The minimum Gasteiger partial charge on any atom is -0.365 e. The van der Waals surface area contributed by atoms with Gasteiger partial charge in [-0.25, -0.2) is 9.37 Å². The van der Waals surface area contributed by atoms with Crippen LogP contribution < -0.4 is 5.32 Å². The Kier molecular flexibility index (Phi) is 4.14. The van der Waals surface area contributed by atoms with Gasteiger partial charge in [0.15, 0.2) is 11.6 Å². The van der Waals surface area contributed by atoms with Crippen LogP contribution in [0.2, 0.25) is 0 Å². The number of hydrogen-bond donors (Lipinski definition) is 1. The zero-order valence-electron chi connectivity index (χ0n) is 8.30. The van der Waals surface area contributed by atoms with Crippen molar-refractivity contribution in [2.45, 2.75) is 31.7 Å². The molecule has 1 heterocycles. The standard InChI is InChI=1S/C10H14ClFN2/c1-7(11)6-8(2)14-10-9(12)4-3-5-13-10/h3-5,7-8H,6H2,1-2H3,(H,13,14). The van der Waals surface area contributed by atoms with E-state index in [0.717, 1.165) is 6.42 Å². The highest BCUT2D eigenvalue weighted by atomic mass is 35.5. The zero-order chi connectivity index (χ0) is 10.6. The Morgan fingerprint density at radius 1 is 1.57 bits per heavy atom. The fraction of sp³-hybridized carbons (Fsp3) is 0.500. The second-order valence-electron chi connectivity index (χ2n) is 3.40. The Morgan fingerprint density at radius 3 is 2.86 bits per heavy atom. The summed E-state index contributed by atoms with van der Waals surface area (Å²) in [4.78, 5) is 3.90. The molecule has 78 valence electrons. The van der Waals surface area contributed by atoms with Crippen LogP contribution in [-0.2, 0) is 0 Å². The van der Waals surface area contributed by atoms with E-state index < -0.39 is 0 Å². The Balaban J connectivity index is 2.56. The fourth-order valence-corrected chi connectivity index (χ4v) is 1.54. The largest absolute Gasteiger partial charge is 0.365 e. The first-order chi connectivity index (χ1) is 6.59. The minimum atomic E-state index is -0.332. The van der Waals surface area contributed by atoms with E-state index in [1.807, 2.05) is 13.8 Å². The summed E-state index contributed by atoms with van der Waals surface area (Å²) in [6.07, 6.45) is 2.33. The molecule has 2 nitrogen and oxygen atoms in total. The first kappa shape index (κ1) is 11.2. The molecule has 14 heavy (non-hydrogen) atoms. The molecule has 0 saturated heterocycles. The van der Waals surface area contributed by atoms with E-state index in [1.165, 1.54) is 6.07 Å². The topological polar surface area (TPSA) is 24.9 Å². The predicted octanol–water partition coefficient (Wildman–Crippen LogP) is 3.04. The summed E-state index contributed by atoms with van der Waals surface area (Å²) in [5.41, 5.74) is 0. The number of anilines is 1. The van der Waals surface area contributed by atoms with Gasteiger partial charge in [0.1, 0.15) is 0 Å². The summed E-state index contributed by atoms with van der Waals surface area (Å²) in [5, 5.41) is 3.04. The Labute approximate surface area is 88.5 Å². The van der Waals surface area contributed by atoms with Crippen molar-refractivity contribution in [2.75, 3.05) is 5.32 Å². The summed E-state index contributed by atoms with van der Waals surface area (Å²) in [7, 11) is 0. The van der Waals surface area contributed by atoms with Crippen LogP contribution in [0, 0.1) is 5.82 Å². The third-order valence-corrected chi connectivity index (χ3v) is 2.00. The molecule has 4 heteroatoms. The lowest BCUT2D eigenvalue weighted by Gasteiger charge is -2.15. The molecule has 0 radical (unpaired) electrons. The van der Waals surface area contributed by atoms with E-state index in [-0.39, 0.29) is 23.1 Å². The van der Waals surface area contributed by atoms with Gasteiger partial charge < -0.3 is 5.32 Å². The van der Waals surface area contributed by atoms with Crippen LogP contribution in [-0.4, -0.2) is 16.4 Å². The van der Waals surface area contributed by atoms with Gasteiger partial charge in [0.25, 0.3) is 0 Å². The SMILES string of the molecule is CC(Cl)CC(C)Nc1ncccc1F. The summed E-state index contributed by atoms with van der Waals surface area (Å²) in [5.74, 6) is -0.0427. The van der Waals surface area contributed by atoms with Crippen molar-refractivity contribution in [3.05, 3.63) is 24.1 Å². The average Bonchev–Trinajstić information content (AvgIpc) is 2.07. The first-order valence-corrected chi connectivity index (χ1v) is 5.04. The molecule has 2 unspecified atom stereocenters. The molecule has 0 amide bonds. The number of nitrogens with one attached hydrogen (secondary N) is 1. The van der Waals surface area contributed by atoms with E-state index in [1.54, 1.807) is 12.3 Å². The van der Waals surface area contributed by atoms with Crippen LogP contribution in [0.1, 0.15) is 20.3 Å². The van der Waals surface area contributed by atoms with Gasteiger partial charge in [0, 0.05) is 17.6 Å². The van der Waals surface area contributed by atoms with E-state index in [0.29, 0.717) is 0 Å². The molecule has 2 atom stereocenters. The molecule has 0 bridgehead atoms. The number of nitrogens with zero attached hydrogens (tertiary/aromatic N) is 1. The maximum atomic E-state index is 13.1. The first-order valence-electron chi connectivity index (χ1n) is 4.60. The van der Waals surface area contributed by atoms with Gasteiger partial charge in [-0.2, -0.15) is 0 Å². The molecule has 0 aliphatic heterocycles. The normalized spacial score (nSPS) is 14.9. The van der Waals surface area contributed by atoms with Gasteiger partial charge in [0.05, 0.1) is 0 Å². The molecular weight excluding hydrogens is 203 g/mol. The fourth-order valence-electron chi connectivity index (χ4n) is 1.27. The lowest BCUT2D eigenvalue weighted by molar-refractivity contribution is 0.614. The summed E-state index contributed by atoms with van der Waals surface area (Å²) in [6, 6.07) is 3.06. The molecule has 1 aromatic rings. The maximum Gasteiger partial charge on any atom is 0.165 e. The third kappa shape index (κ3) is 3.50. The van der Waals surface area contributed by atoms with E-state index >= 15 is 0 Å². The van der Waals surface area contributed by atoms with Gasteiger partial charge in [-0.15, -0.1) is 11.6 Å². The second kappa shape index (κ2) is 5.15. The third-order valence-electron chi connectivity index (χ3n) is 1.82. The minimum absolute atomic E-state index is 0.0734. The number of halogens is 2. The molecular formula is C10H14ClFN2. The summed E-state index contributed by atoms with van der Waals surface area (Å²) < 4.78 is 13.1. The van der Waals surface area contributed by atoms with Crippen molar-refractivity contribution in [3.8, 4) is 0 Å². The van der Waals surface area contributed by atoms with Crippen molar-refractivity contribution < 1.29 is 4.39 Å². The van der Waals surface area contributed by atoms with Gasteiger partial charge in [-0.3, -0.25) is 0 Å². The lowest BCUT2D eigenvalue weighted by atomic mass is 10.2. The Hall–Kier alpha value is -0.830. The number of rotatable bonds is 4. The highest BCUT2D eigenvalue weighted by Gasteiger charge is 2.09. The monoisotopic (exact) mass is 216 g/mol. The molecule has 0 saturated carbocycles. The maximum absolute atomic E-state index is 13.1. The van der Waals surface area contributed by atoms with Crippen molar-refractivity contribution in [1.29, 1.82) is 0 Å². The van der Waals surface area contributed by atoms with Crippen molar-refractivity contribution in [2.24, 2.45) is 0 Å². The number of alkyl halides is 1. The smallest absolute Gasteiger partial charge is 0.165 e. The van der Waals surface area contributed by atoms with Crippen molar-refractivity contribution in [3.63, 3.8) is 0 Å².